The first-order valence-electron chi connectivity index (χ1n) is 8.14. The summed E-state index contributed by atoms with van der Waals surface area (Å²) >= 11 is 19.6. The minimum Gasteiger partial charge on any atom is -0.288 e. The second-order valence-corrected chi connectivity index (χ2v) is 8.32. The SMILES string of the molecule is Cc1ccc(S/C(=C/c2ccc(Cl)cc2Cl)C(=O)c2ccc(Cl)cc2)cc1. The third-order valence-electron chi connectivity index (χ3n) is 3.83. The number of hydrogen-bond donors (Lipinski definition) is 0. The highest BCUT2D eigenvalue weighted by Gasteiger charge is 2.15. The first-order chi connectivity index (χ1) is 12.9. The minimum absolute atomic E-state index is 0.0942. The van der Waals surface area contributed by atoms with E-state index in [1.165, 1.54) is 11.8 Å². The van der Waals surface area contributed by atoms with Gasteiger partial charge in [-0.3, -0.25) is 4.79 Å². The molecule has 5 heteroatoms. The highest BCUT2D eigenvalue weighted by atomic mass is 35.5. The molecule has 0 radical (unpaired) electrons. The summed E-state index contributed by atoms with van der Waals surface area (Å²) < 4.78 is 0. The van der Waals surface area contributed by atoms with Gasteiger partial charge in [-0.2, -0.15) is 0 Å². The molecule has 0 aromatic heterocycles. The van der Waals surface area contributed by atoms with Gasteiger partial charge in [-0.05, 0) is 67.1 Å². The van der Waals surface area contributed by atoms with Gasteiger partial charge in [0, 0.05) is 25.5 Å². The van der Waals surface area contributed by atoms with Gasteiger partial charge >= 0.3 is 0 Å². The zero-order valence-corrected chi connectivity index (χ0v) is 17.5. The van der Waals surface area contributed by atoms with Crippen LogP contribution in [0.2, 0.25) is 15.1 Å². The van der Waals surface area contributed by atoms with Crippen molar-refractivity contribution in [2.24, 2.45) is 0 Å². The van der Waals surface area contributed by atoms with Crippen molar-refractivity contribution in [3.05, 3.63) is 103 Å². The highest BCUT2D eigenvalue weighted by Crippen LogP contribution is 2.33. The maximum atomic E-state index is 13.1. The summed E-state index contributed by atoms with van der Waals surface area (Å²) in [4.78, 5) is 14.6. The Morgan fingerprint density at radius 1 is 0.852 bits per heavy atom. The molecule has 0 saturated carbocycles. The molecular formula is C22H15Cl3OS. The van der Waals surface area contributed by atoms with Crippen molar-refractivity contribution in [2.45, 2.75) is 11.8 Å². The van der Waals surface area contributed by atoms with Crippen molar-refractivity contribution in [2.75, 3.05) is 0 Å². The lowest BCUT2D eigenvalue weighted by molar-refractivity contribution is 0.104. The van der Waals surface area contributed by atoms with Gasteiger partial charge in [0.15, 0.2) is 5.78 Å². The molecule has 0 aliphatic rings. The van der Waals surface area contributed by atoms with E-state index >= 15 is 0 Å². The molecule has 0 fully saturated rings. The number of Topliss-reactive ketones (excluding diaryl/α,β-unsaturated/α-hetero) is 1. The van der Waals surface area contributed by atoms with Crippen LogP contribution in [0.15, 0.2) is 76.5 Å². The predicted molar refractivity (Wildman–Crippen MR) is 117 cm³/mol. The van der Waals surface area contributed by atoms with Gasteiger partial charge in [0.1, 0.15) is 0 Å². The molecule has 0 aliphatic carbocycles. The molecule has 27 heavy (non-hydrogen) atoms. The van der Waals surface area contributed by atoms with Crippen molar-refractivity contribution in [3.63, 3.8) is 0 Å². The van der Waals surface area contributed by atoms with Crippen molar-refractivity contribution >= 4 is 58.4 Å². The second kappa shape index (κ2) is 8.99. The Hall–Kier alpha value is -1.71. The van der Waals surface area contributed by atoms with E-state index in [0.29, 0.717) is 25.5 Å². The fourth-order valence-corrected chi connectivity index (χ4v) is 3.89. The Morgan fingerprint density at radius 3 is 2.11 bits per heavy atom. The maximum Gasteiger partial charge on any atom is 0.199 e. The standard InChI is InChI=1S/C22H15Cl3OS/c1-14-2-10-19(11-3-14)27-21(12-16-6-9-18(24)13-20(16)25)22(26)15-4-7-17(23)8-5-15/h2-13H,1H3/b21-12+. The first-order valence-corrected chi connectivity index (χ1v) is 10.1. The van der Waals surface area contributed by atoms with Gasteiger partial charge in [0.05, 0.1) is 4.91 Å². The number of halogens is 3. The maximum absolute atomic E-state index is 13.1. The molecule has 0 spiro atoms. The van der Waals surface area contributed by atoms with E-state index < -0.39 is 0 Å². The van der Waals surface area contributed by atoms with Crippen LogP contribution in [0.1, 0.15) is 21.5 Å². The van der Waals surface area contributed by atoms with Crippen LogP contribution in [-0.4, -0.2) is 5.78 Å². The lowest BCUT2D eigenvalue weighted by Crippen LogP contribution is -2.01. The Balaban J connectivity index is 2.01. The van der Waals surface area contributed by atoms with Crippen molar-refractivity contribution in [1.29, 1.82) is 0 Å². The zero-order chi connectivity index (χ0) is 19.4. The van der Waals surface area contributed by atoms with Crippen LogP contribution in [0.25, 0.3) is 6.08 Å². The molecule has 0 saturated heterocycles. The average Bonchev–Trinajstić information content (AvgIpc) is 2.65. The first kappa shape index (κ1) is 20.0. The molecule has 0 N–H and O–H groups in total. The van der Waals surface area contributed by atoms with Crippen LogP contribution in [0, 0.1) is 6.92 Å². The van der Waals surface area contributed by atoms with Crippen LogP contribution >= 0.6 is 46.6 Å². The second-order valence-electron chi connectivity index (χ2n) is 5.93. The summed E-state index contributed by atoms with van der Waals surface area (Å²) in [6.45, 7) is 2.03. The van der Waals surface area contributed by atoms with Crippen LogP contribution in [0.3, 0.4) is 0 Å². The fraction of sp³-hybridized carbons (Fsp3) is 0.0455. The normalized spacial score (nSPS) is 11.5. The lowest BCUT2D eigenvalue weighted by atomic mass is 10.1. The van der Waals surface area contributed by atoms with E-state index in [0.717, 1.165) is 16.0 Å². The van der Waals surface area contributed by atoms with Gasteiger partial charge in [0.25, 0.3) is 0 Å². The smallest absolute Gasteiger partial charge is 0.199 e. The largest absolute Gasteiger partial charge is 0.288 e. The van der Waals surface area contributed by atoms with E-state index in [9.17, 15) is 4.79 Å². The fourth-order valence-electron chi connectivity index (χ4n) is 2.38. The molecule has 3 rings (SSSR count). The number of aryl methyl sites for hydroxylation is 1. The molecule has 0 aliphatic heterocycles. The molecule has 3 aromatic carbocycles. The van der Waals surface area contributed by atoms with E-state index in [2.05, 4.69) is 0 Å². The van der Waals surface area contributed by atoms with Gasteiger partial charge in [0.2, 0.25) is 0 Å². The summed E-state index contributed by atoms with van der Waals surface area (Å²) in [5, 5.41) is 1.63. The Morgan fingerprint density at radius 2 is 1.48 bits per heavy atom. The summed E-state index contributed by atoms with van der Waals surface area (Å²) in [5.41, 5.74) is 2.46. The summed E-state index contributed by atoms with van der Waals surface area (Å²) in [5.74, 6) is -0.0942. The Bertz CT molecular complexity index is 993. The van der Waals surface area contributed by atoms with Gasteiger partial charge in [-0.1, -0.05) is 70.3 Å². The van der Waals surface area contributed by atoms with E-state index in [1.54, 1.807) is 48.5 Å². The molecule has 0 unspecified atom stereocenters. The topological polar surface area (TPSA) is 17.1 Å². The van der Waals surface area contributed by atoms with Gasteiger partial charge < -0.3 is 0 Å². The van der Waals surface area contributed by atoms with Crippen molar-refractivity contribution in [1.82, 2.24) is 0 Å². The number of carbonyl (C=O) groups is 1. The van der Waals surface area contributed by atoms with Crippen LogP contribution in [0.5, 0.6) is 0 Å². The highest BCUT2D eigenvalue weighted by molar-refractivity contribution is 8.04. The number of hydrogen-bond acceptors (Lipinski definition) is 2. The van der Waals surface area contributed by atoms with E-state index in [-0.39, 0.29) is 5.78 Å². The van der Waals surface area contributed by atoms with Crippen molar-refractivity contribution < 1.29 is 4.79 Å². The molecule has 0 heterocycles. The van der Waals surface area contributed by atoms with Crippen LogP contribution in [-0.2, 0) is 0 Å². The summed E-state index contributed by atoms with van der Waals surface area (Å²) in [6, 6.07) is 20.1. The predicted octanol–water partition coefficient (Wildman–Crippen LogP) is 7.97. The minimum atomic E-state index is -0.0942. The molecule has 0 bridgehead atoms. The number of rotatable bonds is 5. The number of carbonyl (C=O) groups excluding carboxylic acids is 1. The lowest BCUT2D eigenvalue weighted by Gasteiger charge is -2.09. The Labute approximate surface area is 178 Å². The zero-order valence-electron chi connectivity index (χ0n) is 14.4. The van der Waals surface area contributed by atoms with Gasteiger partial charge in [-0.25, -0.2) is 0 Å². The molecule has 0 atom stereocenters. The summed E-state index contributed by atoms with van der Waals surface area (Å²) in [6.07, 6.45) is 1.79. The molecular weight excluding hydrogens is 419 g/mol. The van der Waals surface area contributed by atoms with Crippen molar-refractivity contribution in [3.8, 4) is 0 Å². The third kappa shape index (κ3) is 5.40. The molecule has 3 aromatic rings. The Kier molecular flexibility index (Phi) is 6.67. The number of benzene rings is 3. The third-order valence-corrected chi connectivity index (χ3v) is 5.67. The number of allylic oxidation sites excluding steroid dienone is 1. The van der Waals surface area contributed by atoms with E-state index in [1.807, 2.05) is 31.2 Å². The average molecular weight is 434 g/mol. The quantitative estimate of drug-likeness (QED) is 0.230. The van der Waals surface area contributed by atoms with Gasteiger partial charge in [-0.15, -0.1) is 0 Å². The molecule has 136 valence electrons. The van der Waals surface area contributed by atoms with E-state index in [4.69, 9.17) is 34.8 Å². The van der Waals surface area contributed by atoms with Crippen LogP contribution in [0.4, 0.5) is 0 Å². The number of ketones is 1. The summed E-state index contributed by atoms with van der Waals surface area (Å²) in [7, 11) is 0. The van der Waals surface area contributed by atoms with Crippen LogP contribution < -0.4 is 0 Å². The number of thioether (sulfide) groups is 1. The molecule has 0 amide bonds. The monoisotopic (exact) mass is 432 g/mol. The molecule has 1 nitrogen and oxygen atoms in total.